The molecule has 1 aromatic heterocycles. The van der Waals surface area contributed by atoms with E-state index in [0.29, 0.717) is 5.92 Å². The van der Waals surface area contributed by atoms with Crippen LogP contribution >= 0.6 is 34.5 Å². The Morgan fingerprint density at radius 2 is 1.95 bits per heavy atom. The number of halogens is 2. The predicted molar refractivity (Wildman–Crippen MR) is 94.8 cm³/mol. The number of nitrogens with one attached hydrogen (secondary N) is 1. The van der Waals surface area contributed by atoms with Gasteiger partial charge in [-0.25, -0.2) is 0 Å². The molecule has 0 saturated carbocycles. The summed E-state index contributed by atoms with van der Waals surface area (Å²) in [5.41, 5.74) is 3.67. The standard InChI is InChI=1S/C17H21Cl2NS/c1-4-20-16(14-10-15(18)21-17(14)19)13-7-5-6-12(9-13)8-11(2)3/h5-7,9-11,16,20H,4,8H2,1-3H3. The van der Waals surface area contributed by atoms with E-state index >= 15 is 0 Å². The quantitative estimate of drug-likeness (QED) is 0.684. The molecule has 1 aromatic carbocycles. The lowest BCUT2D eigenvalue weighted by molar-refractivity contribution is 0.625. The van der Waals surface area contributed by atoms with Gasteiger partial charge in [0.2, 0.25) is 0 Å². The molecule has 0 radical (unpaired) electrons. The fourth-order valence-electron chi connectivity index (χ4n) is 2.53. The highest BCUT2D eigenvalue weighted by atomic mass is 35.5. The van der Waals surface area contributed by atoms with E-state index < -0.39 is 0 Å². The van der Waals surface area contributed by atoms with E-state index in [1.165, 1.54) is 22.5 Å². The van der Waals surface area contributed by atoms with E-state index in [1.807, 2.05) is 6.07 Å². The van der Waals surface area contributed by atoms with Gasteiger partial charge in [0.05, 0.1) is 14.7 Å². The first-order valence-electron chi connectivity index (χ1n) is 7.28. The summed E-state index contributed by atoms with van der Waals surface area (Å²) < 4.78 is 1.50. The summed E-state index contributed by atoms with van der Waals surface area (Å²) in [4.78, 5) is 0. The van der Waals surface area contributed by atoms with E-state index in [1.54, 1.807) is 0 Å². The lowest BCUT2D eigenvalue weighted by atomic mass is 9.96. The van der Waals surface area contributed by atoms with Crippen LogP contribution in [0.2, 0.25) is 8.67 Å². The Labute approximate surface area is 141 Å². The Morgan fingerprint density at radius 1 is 1.19 bits per heavy atom. The molecule has 0 aliphatic rings. The molecular formula is C17H21Cl2NS. The summed E-state index contributed by atoms with van der Waals surface area (Å²) in [5, 5.41) is 3.51. The molecule has 0 bridgehead atoms. The van der Waals surface area contributed by atoms with Gasteiger partial charge in [0.25, 0.3) is 0 Å². The minimum atomic E-state index is 0.0957. The van der Waals surface area contributed by atoms with Gasteiger partial charge in [0.1, 0.15) is 0 Å². The average Bonchev–Trinajstić information content (AvgIpc) is 2.74. The maximum atomic E-state index is 6.34. The summed E-state index contributed by atoms with van der Waals surface area (Å²) in [6.07, 6.45) is 1.09. The predicted octanol–water partition coefficient (Wildman–Crippen LogP) is 5.95. The molecule has 4 heteroatoms. The third-order valence-electron chi connectivity index (χ3n) is 3.33. The maximum absolute atomic E-state index is 6.34. The van der Waals surface area contributed by atoms with Crippen molar-refractivity contribution in [2.75, 3.05) is 6.54 Å². The molecule has 2 rings (SSSR count). The van der Waals surface area contributed by atoms with Crippen LogP contribution in [0.5, 0.6) is 0 Å². The minimum absolute atomic E-state index is 0.0957. The second kappa shape index (κ2) is 7.64. The molecule has 21 heavy (non-hydrogen) atoms. The molecular weight excluding hydrogens is 321 g/mol. The number of hydrogen-bond donors (Lipinski definition) is 1. The van der Waals surface area contributed by atoms with Gasteiger partial charge in [-0.05, 0) is 36.1 Å². The fraction of sp³-hybridized carbons (Fsp3) is 0.412. The molecule has 1 unspecified atom stereocenters. The van der Waals surface area contributed by atoms with Gasteiger partial charge in [-0.2, -0.15) is 0 Å². The zero-order valence-corrected chi connectivity index (χ0v) is 14.9. The molecule has 1 atom stereocenters. The monoisotopic (exact) mass is 341 g/mol. The van der Waals surface area contributed by atoms with Crippen LogP contribution in [0, 0.1) is 5.92 Å². The van der Waals surface area contributed by atoms with E-state index in [9.17, 15) is 0 Å². The van der Waals surface area contributed by atoms with Crippen LogP contribution in [0.4, 0.5) is 0 Å². The summed E-state index contributed by atoms with van der Waals surface area (Å²) in [6.45, 7) is 7.46. The SMILES string of the molecule is CCNC(c1cccc(CC(C)C)c1)c1cc(Cl)sc1Cl. The fourth-order valence-corrected chi connectivity index (χ4v) is 4.06. The number of benzene rings is 1. The number of thiophene rings is 1. The summed E-state index contributed by atoms with van der Waals surface area (Å²) in [7, 11) is 0. The van der Waals surface area contributed by atoms with E-state index in [4.69, 9.17) is 23.2 Å². The first kappa shape index (κ1) is 16.8. The maximum Gasteiger partial charge on any atom is 0.0995 e. The van der Waals surface area contributed by atoms with Crippen LogP contribution in [0.3, 0.4) is 0 Å². The second-order valence-corrected chi connectivity index (χ2v) is 7.90. The summed E-state index contributed by atoms with van der Waals surface area (Å²) >= 11 is 13.9. The zero-order chi connectivity index (χ0) is 15.4. The highest BCUT2D eigenvalue weighted by Gasteiger charge is 2.19. The molecule has 1 nitrogen and oxygen atoms in total. The lowest BCUT2D eigenvalue weighted by Crippen LogP contribution is -2.22. The molecule has 0 aliphatic carbocycles. The normalized spacial score (nSPS) is 12.9. The van der Waals surface area contributed by atoms with Gasteiger partial charge in [-0.3, -0.25) is 0 Å². The molecule has 0 saturated heterocycles. The van der Waals surface area contributed by atoms with Crippen molar-refractivity contribution in [3.05, 3.63) is 55.7 Å². The zero-order valence-electron chi connectivity index (χ0n) is 12.6. The number of rotatable bonds is 6. The van der Waals surface area contributed by atoms with Gasteiger partial charge in [-0.15, -0.1) is 11.3 Å². The second-order valence-electron chi connectivity index (χ2n) is 5.61. The molecule has 0 aliphatic heterocycles. The van der Waals surface area contributed by atoms with E-state index in [0.717, 1.165) is 27.2 Å². The van der Waals surface area contributed by atoms with Crippen molar-refractivity contribution in [1.29, 1.82) is 0 Å². The van der Waals surface area contributed by atoms with Crippen LogP contribution in [-0.4, -0.2) is 6.54 Å². The Bertz CT molecular complexity index is 592. The van der Waals surface area contributed by atoms with Crippen LogP contribution in [0.1, 0.15) is 43.5 Å². The Kier molecular flexibility index (Phi) is 6.12. The van der Waals surface area contributed by atoms with Gasteiger partial charge >= 0.3 is 0 Å². The molecule has 0 spiro atoms. The molecule has 114 valence electrons. The highest BCUT2D eigenvalue weighted by Crippen LogP contribution is 2.37. The van der Waals surface area contributed by atoms with Crippen molar-refractivity contribution in [2.24, 2.45) is 5.92 Å². The van der Waals surface area contributed by atoms with Gasteiger partial charge in [0.15, 0.2) is 0 Å². The van der Waals surface area contributed by atoms with Crippen molar-refractivity contribution in [1.82, 2.24) is 5.32 Å². The van der Waals surface area contributed by atoms with Crippen molar-refractivity contribution in [2.45, 2.75) is 33.2 Å². The van der Waals surface area contributed by atoms with E-state index in [2.05, 4.69) is 50.4 Å². The Morgan fingerprint density at radius 3 is 2.52 bits per heavy atom. The van der Waals surface area contributed by atoms with Crippen LogP contribution < -0.4 is 5.32 Å². The Balaban J connectivity index is 2.36. The van der Waals surface area contributed by atoms with Crippen molar-refractivity contribution in [3.8, 4) is 0 Å². The molecule has 0 fully saturated rings. The van der Waals surface area contributed by atoms with E-state index in [-0.39, 0.29) is 6.04 Å². The summed E-state index contributed by atoms with van der Waals surface area (Å²) in [5.74, 6) is 0.650. The average molecular weight is 342 g/mol. The van der Waals surface area contributed by atoms with Crippen molar-refractivity contribution < 1.29 is 0 Å². The third-order valence-corrected chi connectivity index (χ3v) is 4.85. The van der Waals surface area contributed by atoms with Gasteiger partial charge < -0.3 is 5.32 Å². The Hall–Kier alpha value is -0.540. The number of hydrogen-bond acceptors (Lipinski definition) is 2. The van der Waals surface area contributed by atoms with Crippen LogP contribution in [-0.2, 0) is 6.42 Å². The molecule has 0 amide bonds. The molecule has 2 aromatic rings. The molecule has 1 heterocycles. The van der Waals surface area contributed by atoms with Crippen LogP contribution in [0.25, 0.3) is 0 Å². The van der Waals surface area contributed by atoms with Gasteiger partial charge in [-0.1, -0.05) is 68.2 Å². The van der Waals surface area contributed by atoms with Crippen molar-refractivity contribution >= 4 is 34.5 Å². The van der Waals surface area contributed by atoms with Gasteiger partial charge in [0, 0.05) is 5.56 Å². The third kappa shape index (κ3) is 4.46. The van der Waals surface area contributed by atoms with Crippen molar-refractivity contribution in [3.63, 3.8) is 0 Å². The smallest absolute Gasteiger partial charge is 0.0995 e. The highest BCUT2D eigenvalue weighted by molar-refractivity contribution is 7.20. The summed E-state index contributed by atoms with van der Waals surface area (Å²) in [6, 6.07) is 10.8. The molecule has 1 N–H and O–H groups in total. The largest absolute Gasteiger partial charge is 0.306 e. The topological polar surface area (TPSA) is 12.0 Å². The lowest BCUT2D eigenvalue weighted by Gasteiger charge is -2.19. The minimum Gasteiger partial charge on any atom is -0.306 e. The first-order chi connectivity index (χ1) is 10.0. The van der Waals surface area contributed by atoms with Crippen LogP contribution in [0.15, 0.2) is 30.3 Å². The first-order valence-corrected chi connectivity index (χ1v) is 8.85.